The SMILES string of the molecule is CCCCc1ccccc1Nc1ccc(-c2ccc(Nc3ccccc3CCCC)cc2-c2ccccc2)c(-c2ccccc2)c1. The minimum Gasteiger partial charge on any atom is -0.355 e. The van der Waals surface area contributed by atoms with Gasteiger partial charge in [-0.25, -0.2) is 0 Å². The van der Waals surface area contributed by atoms with Gasteiger partial charge in [-0.2, -0.15) is 0 Å². The molecule has 0 amide bonds. The number of rotatable bonds is 13. The van der Waals surface area contributed by atoms with Gasteiger partial charge in [0.15, 0.2) is 0 Å². The number of hydrogen-bond donors (Lipinski definition) is 2. The molecule has 6 rings (SSSR count). The predicted molar refractivity (Wildman–Crippen MR) is 199 cm³/mol. The Balaban J connectivity index is 1.43. The zero-order valence-electron chi connectivity index (χ0n) is 27.1. The Labute approximate surface area is 275 Å². The number of benzene rings is 6. The summed E-state index contributed by atoms with van der Waals surface area (Å²) in [6, 6.07) is 52.6. The average molecular weight is 601 g/mol. The standard InChI is InChI=1S/C44H44N2/c1-3-5-17-35-23-13-15-25-43(35)45-37-27-29-39(41(31-37)33-19-9-7-10-20-33)40-30-28-38(32-42(40)34-21-11-8-12-22-34)46-44-26-16-14-24-36(44)18-6-4-2/h7-16,19-32,45-46H,3-6,17-18H2,1-2H3. The Hall–Kier alpha value is -5.08. The van der Waals surface area contributed by atoms with Gasteiger partial charge in [-0.1, -0.05) is 136 Å². The second-order valence-corrected chi connectivity index (χ2v) is 12.0. The predicted octanol–water partition coefficient (Wildman–Crippen LogP) is 12.9. The molecule has 0 spiro atoms. The van der Waals surface area contributed by atoms with Crippen molar-refractivity contribution in [2.24, 2.45) is 0 Å². The molecule has 0 aliphatic heterocycles. The maximum absolute atomic E-state index is 3.76. The van der Waals surface area contributed by atoms with Crippen LogP contribution in [0.4, 0.5) is 22.7 Å². The summed E-state index contributed by atoms with van der Waals surface area (Å²) in [6.07, 6.45) is 6.89. The van der Waals surface area contributed by atoms with Crippen LogP contribution in [0.3, 0.4) is 0 Å². The molecule has 230 valence electrons. The van der Waals surface area contributed by atoms with Crippen LogP contribution in [0.1, 0.15) is 50.7 Å². The first-order valence-electron chi connectivity index (χ1n) is 16.8. The van der Waals surface area contributed by atoms with Crippen molar-refractivity contribution < 1.29 is 0 Å². The van der Waals surface area contributed by atoms with Gasteiger partial charge in [-0.15, -0.1) is 0 Å². The lowest BCUT2D eigenvalue weighted by Gasteiger charge is -2.19. The highest BCUT2D eigenvalue weighted by molar-refractivity contribution is 5.94. The average Bonchev–Trinajstić information content (AvgIpc) is 3.12. The molecule has 2 nitrogen and oxygen atoms in total. The normalized spacial score (nSPS) is 10.9. The summed E-state index contributed by atoms with van der Waals surface area (Å²) in [7, 11) is 0. The molecular formula is C44H44N2. The van der Waals surface area contributed by atoms with Gasteiger partial charge in [0.25, 0.3) is 0 Å². The first-order chi connectivity index (χ1) is 22.7. The number of nitrogens with one attached hydrogen (secondary N) is 2. The van der Waals surface area contributed by atoms with Crippen LogP contribution < -0.4 is 10.6 Å². The first-order valence-corrected chi connectivity index (χ1v) is 16.8. The molecule has 0 unspecified atom stereocenters. The maximum atomic E-state index is 3.76. The van der Waals surface area contributed by atoms with Crippen molar-refractivity contribution in [1.29, 1.82) is 0 Å². The van der Waals surface area contributed by atoms with Gasteiger partial charge in [-0.05, 0) is 107 Å². The van der Waals surface area contributed by atoms with Gasteiger partial charge < -0.3 is 10.6 Å². The van der Waals surface area contributed by atoms with E-state index in [-0.39, 0.29) is 0 Å². The van der Waals surface area contributed by atoms with Crippen LogP contribution in [0.5, 0.6) is 0 Å². The van der Waals surface area contributed by atoms with Gasteiger partial charge in [-0.3, -0.25) is 0 Å². The Morgan fingerprint density at radius 2 is 0.783 bits per heavy atom. The zero-order chi connectivity index (χ0) is 31.6. The van der Waals surface area contributed by atoms with Crippen molar-refractivity contribution in [3.05, 3.63) is 157 Å². The molecule has 6 aromatic rings. The van der Waals surface area contributed by atoms with Gasteiger partial charge >= 0.3 is 0 Å². The van der Waals surface area contributed by atoms with Crippen LogP contribution in [0.2, 0.25) is 0 Å². The summed E-state index contributed by atoms with van der Waals surface area (Å²) in [6.45, 7) is 4.50. The van der Waals surface area contributed by atoms with Crippen LogP contribution in [0.25, 0.3) is 33.4 Å². The third-order valence-corrected chi connectivity index (χ3v) is 8.69. The lowest BCUT2D eigenvalue weighted by molar-refractivity contribution is 0.796. The van der Waals surface area contributed by atoms with Gasteiger partial charge in [0.05, 0.1) is 0 Å². The highest BCUT2D eigenvalue weighted by Crippen LogP contribution is 2.41. The van der Waals surface area contributed by atoms with E-state index in [9.17, 15) is 0 Å². The number of hydrogen-bond acceptors (Lipinski definition) is 2. The summed E-state index contributed by atoms with van der Waals surface area (Å²) in [5, 5.41) is 7.53. The molecule has 46 heavy (non-hydrogen) atoms. The molecule has 0 radical (unpaired) electrons. The molecular weight excluding hydrogens is 556 g/mol. The summed E-state index contributed by atoms with van der Waals surface area (Å²) in [5.74, 6) is 0. The van der Waals surface area contributed by atoms with Crippen LogP contribution in [0.15, 0.2) is 146 Å². The highest BCUT2D eigenvalue weighted by atomic mass is 14.9. The lowest BCUT2D eigenvalue weighted by Crippen LogP contribution is -1.99. The van der Waals surface area contributed by atoms with Crippen LogP contribution >= 0.6 is 0 Å². The number of aryl methyl sites for hydroxylation is 2. The maximum Gasteiger partial charge on any atom is 0.0416 e. The van der Waals surface area contributed by atoms with E-state index in [0.29, 0.717) is 0 Å². The van der Waals surface area contributed by atoms with E-state index < -0.39 is 0 Å². The summed E-state index contributed by atoms with van der Waals surface area (Å²) >= 11 is 0. The molecule has 6 aromatic carbocycles. The molecule has 0 saturated heterocycles. The quantitative estimate of drug-likeness (QED) is 0.138. The Morgan fingerprint density at radius 1 is 0.391 bits per heavy atom. The summed E-state index contributed by atoms with van der Waals surface area (Å²) < 4.78 is 0. The van der Waals surface area contributed by atoms with Crippen molar-refractivity contribution in [2.75, 3.05) is 10.6 Å². The van der Waals surface area contributed by atoms with Crippen LogP contribution in [-0.2, 0) is 12.8 Å². The van der Waals surface area contributed by atoms with E-state index >= 15 is 0 Å². The van der Waals surface area contributed by atoms with Crippen molar-refractivity contribution >= 4 is 22.7 Å². The van der Waals surface area contributed by atoms with E-state index in [0.717, 1.165) is 24.2 Å². The molecule has 2 heteroatoms. The Bertz CT molecular complexity index is 1720. The largest absolute Gasteiger partial charge is 0.355 e. The molecule has 0 aliphatic rings. The van der Waals surface area contributed by atoms with E-state index in [2.05, 4.69) is 170 Å². The van der Waals surface area contributed by atoms with Crippen LogP contribution in [-0.4, -0.2) is 0 Å². The van der Waals surface area contributed by atoms with Crippen molar-refractivity contribution in [2.45, 2.75) is 52.4 Å². The van der Waals surface area contributed by atoms with Crippen molar-refractivity contribution in [3.8, 4) is 33.4 Å². The minimum absolute atomic E-state index is 1.08. The van der Waals surface area contributed by atoms with Crippen molar-refractivity contribution in [3.63, 3.8) is 0 Å². The number of anilines is 4. The molecule has 2 N–H and O–H groups in total. The van der Waals surface area contributed by atoms with E-state index in [1.165, 1.54) is 81.6 Å². The molecule has 0 saturated carbocycles. The second kappa shape index (κ2) is 15.3. The number of para-hydroxylation sites is 2. The topological polar surface area (TPSA) is 24.1 Å². The summed E-state index contributed by atoms with van der Waals surface area (Å²) in [4.78, 5) is 0. The van der Waals surface area contributed by atoms with Crippen molar-refractivity contribution in [1.82, 2.24) is 0 Å². The summed E-state index contributed by atoms with van der Waals surface area (Å²) in [5.41, 5.74) is 14.5. The molecule has 0 aromatic heterocycles. The minimum atomic E-state index is 1.08. The Kier molecular flexibility index (Phi) is 10.3. The third-order valence-electron chi connectivity index (χ3n) is 8.69. The fourth-order valence-electron chi connectivity index (χ4n) is 6.19. The fourth-order valence-corrected chi connectivity index (χ4v) is 6.19. The molecule has 0 fully saturated rings. The van der Waals surface area contributed by atoms with E-state index in [1.807, 2.05) is 0 Å². The monoisotopic (exact) mass is 600 g/mol. The smallest absolute Gasteiger partial charge is 0.0416 e. The second-order valence-electron chi connectivity index (χ2n) is 12.0. The lowest BCUT2D eigenvalue weighted by atomic mass is 9.88. The van der Waals surface area contributed by atoms with Gasteiger partial charge in [0, 0.05) is 22.7 Å². The highest BCUT2D eigenvalue weighted by Gasteiger charge is 2.16. The molecule has 0 bridgehead atoms. The van der Waals surface area contributed by atoms with Gasteiger partial charge in [0.1, 0.15) is 0 Å². The first kappa shape index (κ1) is 30.9. The zero-order valence-corrected chi connectivity index (χ0v) is 27.1. The molecule has 0 atom stereocenters. The number of unbranched alkanes of at least 4 members (excludes halogenated alkanes) is 2. The molecule has 0 heterocycles. The van der Waals surface area contributed by atoms with E-state index in [1.54, 1.807) is 0 Å². The molecule has 0 aliphatic carbocycles. The Morgan fingerprint density at radius 3 is 1.20 bits per heavy atom. The van der Waals surface area contributed by atoms with Crippen LogP contribution in [0, 0.1) is 0 Å². The van der Waals surface area contributed by atoms with Gasteiger partial charge in [0.2, 0.25) is 0 Å². The van der Waals surface area contributed by atoms with E-state index in [4.69, 9.17) is 0 Å². The fraction of sp³-hybridized carbons (Fsp3) is 0.182. The third kappa shape index (κ3) is 7.41.